The number of aryl methyl sites for hydroxylation is 1. The first-order chi connectivity index (χ1) is 20.9. The molecule has 0 aliphatic heterocycles. The van der Waals surface area contributed by atoms with E-state index < -0.39 is 11.9 Å². The zero-order valence-electron chi connectivity index (χ0n) is 24.5. The second kappa shape index (κ2) is 13.1. The summed E-state index contributed by atoms with van der Waals surface area (Å²) < 4.78 is 17.7. The van der Waals surface area contributed by atoms with Gasteiger partial charge in [0.25, 0.3) is 5.91 Å². The van der Waals surface area contributed by atoms with Gasteiger partial charge in [-0.05, 0) is 54.4 Å². The molecule has 0 saturated carbocycles. The summed E-state index contributed by atoms with van der Waals surface area (Å²) in [6.07, 6.45) is 0. The van der Waals surface area contributed by atoms with Crippen LogP contribution in [0.2, 0.25) is 0 Å². The van der Waals surface area contributed by atoms with Gasteiger partial charge >= 0.3 is 0 Å². The molecule has 1 aromatic heterocycles. The van der Waals surface area contributed by atoms with Gasteiger partial charge in [-0.1, -0.05) is 59.3 Å². The third-order valence-corrected chi connectivity index (χ3v) is 7.16. The van der Waals surface area contributed by atoms with E-state index in [9.17, 15) is 9.59 Å². The number of para-hydroxylation sites is 1. The smallest absolute Gasteiger partial charge is 0.251 e. The summed E-state index contributed by atoms with van der Waals surface area (Å²) in [5, 5.41) is 11.4. The monoisotopic (exact) mass is 579 g/mol. The van der Waals surface area contributed by atoms with E-state index in [1.54, 1.807) is 42.0 Å². The predicted octanol–water partition coefficient (Wildman–Crippen LogP) is 5.17. The molecule has 1 atom stereocenters. The van der Waals surface area contributed by atoms with Crippen molar-refractivity contribution in [2.75, 3.05) is 26.6 Å². The van der Waals surface area contributed by atoms with Crippen LogP contribution in [0, 0.1) is 6.92 Å². The molecule has 5 rings (SSSR count). The number of carbonyl (C=O) groups is 2. The minimum Gasteiger partial charge on any atom is -0.497 e. The van der Waals surface area contributed by atoms with E-state index in [0.29, 0.717) is 34.0 Å². The molecule has 2 amide bonds. The van der Waals surface area contributed by atoms with Crippen molar-refractivity contribution in [1.82, 2.24) is 19.9 Å². The van der Waals surface area contributed by atoms with E-state index in [1.807, 2.05) is 79.7 Å². The van der Waals surface area contributed by atoms with Gasteiger partial charge in [-0.15, -0.1) is 5.10 Å². The number of fused-ring (bicyclic) bond motifs is 1. The zero-order chi connectivity index (χ0) is 30.3. The second-order valence-electron chi connectivity index (χ2n) is 9.97. The Bertz CT molecular complexity index is 1720. The van der Waals surface area contributed by atoms with Crippen molar-refractivity contribution in [3.05, 3.63) is 108 Å². The highest BCUT2D eigenvalue weighted by molar-refractivity contribution is 5.99. The first-order valence-corrected chi connectivity index (χ1v) is 13.7. The van der Waals surface area contributed by atoms with Crippen LogP contribution in [0.3, 0.4) is 0 Å². The minimum absolute atomic E-state index is 0.113. The first-order valence-electron chi connectivity index (χ1n) is 13.7. The fourth-order valence-electron chi connectivity index (χ4n) is 4.83. The Balaban J connectivity index is 1.56. The van der Waals surface area contributed by atoms with E-state index in [4.69, 9.17) is 14.2 Å². The molecule has 0 fully saturated rings. The summed E-state index contributed by atoms with van der Waals surface area (Å²) in [5.74, 6) is 0.987. The number of carbonyl (C=O) groups excluding carboxylic acids is 2. The quantitative estimate of drug-likeness (QED) is 0.230. The van der Waals surface area contributed by atoms with Crippen LogP contribution in [0.4, 0.5) is 5.69 Å². The van der Waals surface area contributed by atoms with Gasteiger partial charge in [0.1, 0.15) is 35.4 Å². The number of nitrogens with zero attached hydrogens (tertiary/aromatic N) is 4. The molecular weight excluding hydrogens is 546 g/mol. The summed E-state index contributed by atoms with van der Waals surface area (Å²) in [5.41, 5.74) is 4.35. The van der Waals surface area contributed by atoms with Gasteiger partial charge in [0.05, 0.1) is 32.5 Å². The fraction of sp³-hybridized carbons (Fsp3) is 0.212. The normalized spacial score (nSPS) is 11.5. The van der Waals surface area contributed by atoms with Gasteiger partial charge < -0.3 is 24.4 Å². The third-order valence-electron chi connectivity index (χ3n) is 7.16. The van der Waals surface area contributed by atoms with E-state index in [2.05, 4.69) is 15.6 Å². The molecule has 0 aliphatic carbocycles. The Morgan fingerprint density at radius 2 is 1.56 bits per heavy atom. The van der Waals surface area contributed by atoms with Crippen molar-refractivity contribution in [1.29, 1.82) is 0 Å². The highest BCUT2D eigenvalue weighted by Gasteiger charge is 2.33. The fourth-order valence-corrected chi connectivity index (χ4v) is 4.83. The summed E-state index contributed by atoms with van der Waals surface area (Å²) in [4.78, 5) is 30.0. The number of ether oxygens (including phenoxy) is 3. The van der Waals surface area contributed by atoms with E-state index in [-0.39, 0.29) is 19.0 Å². The van der Waals surface area contributed by atoms with Crippen LogP contribution < -0.4 is 19.5 Å². The molecule has 5 aromatic rings. The number of nitrogens with one attached hydrogen (secondary N) is 1. The van der Waals surface area contributed by atoms with Crippen molar-refractivity contribution in [2.45, 2.75) is 26.1 Å². The van der Waals surface area contributed by atoms with Gasteiger partial charge in [-0.25, -0.2) is 4.68 Å². The van der Waals surface area contributed by atoms with Crippen molar-refractivity contribution in [3.63, 3.8) is 0 Å². The Morgan fingerprint density at radius 1 is 0.860 bits per heavy atom. The number of rotatable bonds is 11. The SMILES string of the molecule is COc1ccc(CN(C(=O)Cn2nnc3ccccc32)[C@H](C(=O)Nc2ccc(OC)cc2OC)c2ccc(C)cc2)cc1. The minimum atomic E-state index is -0.989. The number of aromatic nitrogens is 3. The van der Waals surface area contributed by atoms with Crippen LogP contribution >= 0.6 is 0 Å². The third kappa shape index (κ3) is 6.59. The molecule has 10 nitrogen and oxygen atoms in total. The first kappa shape index (κ1) is 29.1. The molecular formula is C33H33N5O5. The lowest BCUT2D eigenvalue weighted by Crippen LogP contribution is -2.42. The van der Waals surface area contributed by atoms with Crippen molar-refractivity contribution in [3.8, 4) is 17.2 Å². The number of hydrogen-bond acceptors (Lipinski definition) is 7. The van der Waals surface area contributed by atoms with Crippen LogP contribution in [-0.4, -0.2) is 53.0 Å². The lowest BCUT2D eigenvalue weighted by Gasteiger charge is -2.32. The Hall–Kier alpha value is -5.38. The molecule has 0 saturated heterocycles. The molecule has 0 unspecified atom stereocenters. The lowest BCUT2D eigenvalue weighted by atomic mass is 10.0. The van der Waals surface area contributed by atoms with Crippen LogP contribution in [0.15, 0.2) is 91.0 Å². The van der Waals surface area contributed by atoms with Crippen LogP contribution in [-0.2, 0) is 22.7 Å². The molecule has 0 aliphatic rings. The van der Waals surface area contributed by atoms with E-state index >= 15 is 0 Å². The molecule has 1 N–H and O–H groups in total. The van der Waals surface area contributed by atoms with E-state index in [0.717, 1.165) is 16.6 Å². The number of hydrogen-bond donors (Lipinski definition) is 1. The molecule has 10 heteroatoms. The highest BCUT2D eigenvalue weighted by Crippen LogP contribution is 2.32. The Morgan fingerprint density at radius 3 is 2.26 bits per heavy atom. The predicted molar refractivity (Wildman–Crippen MR) is 163 cm³/mol. The summed E-state index contributed by atoms with van der Waals surface area (Å²) >= 11 is 0. The summed E-state index contributed by atoms with van der Waals surface area (Å²) in [7, 11) is 4.67. The highest BCUT2D eigenvalue weighted by atomic mass is 16.5. The van der Waals surface area contributed by atoms with Gasteiger partial charge in [0.15, 0.2) is 0 Å². The largest absolute Gasteiger partial charge is 0.497 e. The second-order valence-corrected chi connectivity index (χ2v) is 9.97. The Kier molecular flexibility index (Phi) is 8.85. The molecule has 43 heavy (non-hydrogen) atoms. The van der Waals surface area contributed by atoms with Gasteiger partial charge in [0, 0.05) is 12.6 Å². The van der Waals surface area contributed by atoms with Crippen molar-refractivity contribution in [2.24, 2.45) is 0 Å². The average molecular weight is 580 g/mol. The maximum atomic E-state index is 14.2. The number of amides is 2. The topological polar surface area (TPSA) is 108 Å². The van der Waals surface area contributed by atoms with Gasteiger partial charge in [-0.3, -0.25) is 9.59 Å². The summed E-state index contributed by atoms with van der Waals surface area (Å²) in [6, 6.07) is 26.5. The Labute approximate surface area is 249 Å². The number of methoxy groups -OCH3 is 3. The molecule has 4 aromatic carbocycles. The van der Waals surface area contributed by atoms with Crippen LogP contribution in [0.5, 0.6) is 17.2 Å². The van der Waals surface area contributed by atoms with Gasteiger partial charge in [-0.2, -0.15) is 0 Å². The van der Waals surface area contributed by atoms with Crippen molar-refractivity contribution >= 4 is 28.5 Å². The molecule has 1 heterocycles. The van der Waals surface area contributed by atoms with Crippen molar-refractivity contribution < 1.29 is 23.8 Å². The van der Waals surface area contributed by atoms with Gasteiger partial charge in [0.2, 0.25) is 5.91 Å². The number of anilines is 1. The zero-order valence-corrected chi connectivity index (χ0v) is 24.5. The average Bonchev–Trinajstić information content (AvgIpc) is 3.44. The van der Waals surface area contributed by atoms with Crippen LogP contribution in [0.1, 0.15) is 22.7 Å². The maximum absolute atomic E-state index is 14.2. The van der Waals surface area contributed by atoms with Crippen LogP contribution in [0.25, 0.3) is 11.0 Å². The summed E-state index contributed by atoms with van der Waals surface area (Å²) in [6.45, 7) is 2.01. The molecule has 0 bridgehead atoms. The maximum Gasteiger partial charge on any atom is 0.251 e. The molecule has 0 spiro atoms. The number of benzene rings is 4. The van der Waals surface area contributed by atoms with E-state index in [1.165, 1.54) is 7.11 Å². The lowest BCUT2D eigenvalue weighted by molar-refractivity contribution is -0.140. The molecule has 0 radical (unpaired) electrons. The molecule has 220 valence electrons. The standard InChI is InChI=1S/C33H33N5O5/c1-22-9-13-24(14-10-22)32(33(40)34-28-18-17-26(42-3)19-30(28)43-4)37(20-23-11-15-25(41-2)16-12-23)31(39)21-38-29-8-6-5-7-27(29)35-36-38/h5-19,32H,20-21H2,1-4H3,(H,34,40)/t32-/m0/s1.